The van der Waals surface area contributed by atoms with Crippen LogP contribution in [0.5, 0.6) is 5.75 Å². The van der Waals surface area contributed by atoms with Crippen molar-refractivity contribution in [1.29, 1.82) is 0 Å². The summed E-state index contributed by atoms with van der Waals surface area (Å²) in [5.74, 6) is 7.83. The van der Waals surface area contributed by atoms with Gasteiger partial charge in [0.05, 0.1) is 18.1 Å². The highest BCUT2D eigenvalue weighted by atomic mass is 32.2. The number of hydrogen-bond donors (Lipinski definition) is 3. The maximum Gasteiger partial charge on any atom is 0.138 e. The fraction of sp³-hybridized carbons (Fsp3) is 0.320. The quantitative estimate of drug-likeness (QED) is 0.481. The van der Waals surface area contributed by atoms with Crippen molar-refractivity contribution in [1.82, 2.24) is 9.55 Å². The van der Waals surface area contributed by atoms with Gasteiger partial charge in [-0.3, -0.25) is 4.21 Å². The Balaban J connectivity index is 1.43. The number of imidazole rings is 1. The van der Waals surface area contributed by atoms with Crippen LogP contribution in [0.2, 0.25) is 0 Å². The van der Waals surface area contributed by atoms with E-state index in [0.29, 0.717) is 17.3 Å². The van der Waals surface area contributed by atoms with Crippen LogP contribution in [0, 0.1) is 11.8 Å². The number of rotatable bonds is 6. The van der Waals surface area contributed by atoms with Gasteiger partial charge in [-0.05, 0) is 42.3 Å². The highest BCUT2D eigenvalue weighted by Crippen LogP contribution is 2.25. The smallest absolute Gasteiger partial charge is 0.138 e. The second-order valence-corrected chi connectivity index (χ2v) is 9.48. The Bertz CT molecular complexity index is 1160. The minimum atomic E-state index is -1.03. The summed E-state index contributed by atoms with van der Waals surface area (Å²) in [4.78, 5) is 4.13. The van der Waals surface area contributed by atoms with Crippen LogP contribution >= 0.6 is 0 Å². The van der Waals surface area contributed by atoms with E-state index in [0.717, 1.165) is 16.7 Å². The number of benzene rings is 2. The van der Waals surface area contributed by atoms with Crippen molar-refractivity contribution in [2.24, 2.45) is 0 Å². The molecular formula is C25H26N2O5S. The molecule has 3 N–H and O–H groups in total. The Morgan fingerprint density at radius 1 is 1.15 bits per heavy atom. The number of ether oxygens (including phenoxy) is 1. The van der Waals surface area contributed by atoms with Gasteiger partial charge in [0, 0.05) is 28.8 Å². The molecule has 2 aromatic carbocycles. The number of aliphatic hydroxyl groups excluding tert-OH is 3. The van der Waals surface area contributed by atoms with Gasteiger partial charge in [-0.25, -0.2) is 4.98 Å². The first-order valence-electron chi connectivity index (χ1n) is 10.7. The molecule has 5 unspecified atom stereocenters. The lowest BCUT2D eigenvalue weighted by atomic mass is 10.0. The van der Waals surface area contributed by atoms with Crippen molar-refractivity contribution < 1.29 is 24.3 Å². The highest BCUT2D eigenvalue weighted by Gasteiger charge is 2.32. The van der Waals surface area contributed by atoms with Crippen LogP contribution in [0.15, 0.2) is 60.9 Å². The minimum absolute atomic E-state index is 0.191. The Hall–Kier alpha value is -2.96. The van der Waals surface area contributed by atoms with Crippen molar-refractivity contribution in [3.8, 4) is 28.7 Å². The molecule has 1 aliphatic rings. The van der Waals surface area contributed by atoms with Gasteiger partial charge < -0.3 is 24.6 Å². The molecule has 0 aliphatic carbocycles. The minimum Gasteiger partial charge on any atom is -0.487 e. The molecule has 0 amide bonds. The van der Waals surface area contributed by atoms with E-state index in [-0.39, 0.29) is 12.4 Å². The molecule has 1 fully saturated rings. The summed E-state index contributed by atoms with van der Waals surface area (Å²) in [6, 6.07) is 14.8. The summed E-state index contributed by atoms with van der Waals surface area (Å²) in [7, 11) is -1.03. The van der Waals surface area contributed by atoms with Crippen LogP contribution in [0.3, 0.4) is 0 Å². The molecule has 1 aliphatic heterocycles. The number of aliphatic hydroxyl groups is 3. The first kappa shape index (κ1) is 23.2. The number of hydrogen-bond acceptors (Lipinski definition) is 6. The van der Waals surface area contributed by atoms with E-state index in [1.165, 1.54) is 0 Å². The molecule has 2 heterocycles. The molecule has 1 aromatic heterocycles. The van der Waals surface area contributed by atoms with E-state index in [9.17, 15) is 19.5 Å². The van der Waals surface area contributed by atoms with Crippen LogP contribution < -0.4 is 4.74 Å². The lowest BCUT2D eigenvalue weighted by Crippen LogP contribution is -2.29. The van der Waals surface area contributed by atoms with Crippen LogP contribution in [-0.2, 0) is 10.8 Å². The van der Waals surface area contributed by atoms with Gasteiger partial charge in [0.25, 0.3) is 0 Å². The molecule has 4 rings (SSSR count). The van der Waals surface area contributed by atoms with Gasteiger partial charge in [0.1, 0.15) is 35.9 Å². The molecule has 0 spiro atoms. The Kier molecular flexibility index (Phi) is 7.26. The fourth-order valence-corrected chi connectivity index (χ4v) is 5.09. The summed E-state index contributed by atoms with van der Waals surface area (Å²) in [6.45, 7) is 1.43. The SMILES string of the molecule is CC(O)c1nccn1C(C#Cc1ccc(-c2ccc(OC3CS(=O)CC3O)cc2)cc1)CO. The molecule has 0 radical (unpaired) electrons. The average molecular weight is 467 g/mol. The van der Waals surface area contributed by atoms with Gasteiger partial charge in [0.15, 0.2) is 0 Å². The number of nitrogens with zero attached hydrogens (tertiary/aromatic N) is 2. The van der Waals surface area contributed by atoms with Gasteiger partial charge >= 0.3 is 0 Å². The topological polar surface area (TPSA) is 105 Å². The lowest BCUT2D eigenvalue weighted by molar-refractivity contribution is 0.0738. The third kappa shape index (κ3) is 5.52. The molecule has 0 bridgehead atoms. The van der Waals surface area contributed by atoms with Gasteiger partial charge in [-0.15, -0.1) is 0 Å². The molecule has 8 heteroatoms. The summed E-state index contributed by atoms with van der Waals surface area (Å²) < 4.78 is 19.0. The van der Waals surface area contributed by atoms with E-state index >= 15 is 0 Å². The standard InChI is InChI=1S/C25H26N2O5S/c1-17(29)25-26-12-13-27(25)21(14-28)9-4-18-2-5-19(6-3-18)20-7-10-22(11-8-20)32-24-16-33(31)15-23(24)30/h2-3,5-8,10-13,17,21,23-24,28-30H,14-16H2,1H3. The average Bonchev–Trinajstić information content (AvgIpc) is 3.42. The van der Waals surface area contributed by atoms with Crippen molar-refractivity contribution >= 4 is 10.8 Å². The molecule has 33 heavy (non-hydrogen) atoms. The van der Waals surface area contributed by atoms with Crippen LogP contribution in [-0.4, -0.2) is 59.4 Å². The second kappa shape index (κ2) is 10.3. The maximum absolute atomic E-state index is 11.6. The van der Waals surface area contributed by atoms with Gasteiger partial charge in [-0.2, -0.15) is 0 Å². The maximum atomic E-state index is 11.6. The fourth-order valence-electron chi connectivity index (χ4n) is 3.70. The monoisotopic (exact) mass is 466 g/mol. The summed E-state index contributed by atoms with van der Waals surface area (Å²) in [5.41, 5.74) is 2.82. The van der Waals surface area contributed by atoms with Crippen LogP contribution in [0.25, 0.3) is 11.1 Å². The van der Waals surface area contributed by atoms with Crippen LogP contribution in [0.1, 0.15) is 30.5 Å². The zero-order valence-corrected chi connectivity index (χ0v) is 19.0. The molecule has 7 nitrogen and oxygen atoms in total. The molecule has 1 saturated heterocycles. The first-order valence-corrected chi connectivity index (χ1v) is 12.2. The lowest BCUT2D eigenvalue weighted by Gasteiger charge is -2.16. The Labute approximate surface area is 195 Å². The van der Waals surface area contributed by atoms with Crippen molar-refractivity contribution in [3.05, 3.63) is 72.3 Å². The van der Waals surface area contributed by atoms with E-state index in [4.69, 9.17) is 4.74 Å². The van der Waals surface area contributed by atoms with Crippen molar-refractivity contribution in [3.63, 3.8) is 0 Å². The van der Waals surface area contributed by atoms with E-state index < -0.39 is 35.2 Å². The highest BCUT2D eigenvalue weighted by molar-refractivity contribution is 7.85. The predicted octanol–water partition coefficient (Wildman–Crippen LogP) is 2.06. The van der Waals surface area contributed by atoms with E-state index in [1.807, 2.05) is 48.5 Å². The first-order chi connectivity index (χ1) is 15.9. The molecule has 172 valence electrons. The van der Waals surface area contributed by atoms with Crippen molar-refractivity contribution in [2.75, 3.05) is 18.1 Å². The molecule has 3 aromatic rings. The normalized spacial score (nSPS) is 21.8. The third-order valence-corrected chi connectivity index (χ3v) is 6.87. The summed E-state index contributed by atoms with van der Waals surface area (Å²) in [6.07, 6.45) is 1.39. The molecule has 5 atom stereocenters. The molecular weight excluding hydrogens is 440 g/mol. The van der Waals surface area contributed by atoms with Crippen LogP contribution in [0.4, 0.5) is 0 Å². The van der Waals surface area contributed by atoms with E-state index in [1.54, 1.807) is 23.9 Å². The van der Waals surface area contributed by atoms with Crippen molar-refractivity contribution in [2.45, 2.75) is 31.3 Å². The third-order valence-electron chi connectivity index (χ3n) is 5.46. The number of aromatic nitrogens is 2. The zero-order chi connectivity index (χ0) is 23.4. The van der Waals surface area contributed by atoms with E-state index in [2.05, 4.69) is 16.8 Å². The predicted molar refractivity (Wildman–Crippen MR) is 126 cm³/mol. The Morgan fingerprint density at radius 2 is 1.82 bits per heavy atom. The Morgan fingerprint density at radius 3 is 2.39 bits per heavy atom. The zero-order valence-electron chi connectivity index (χ0n) is 18.2. The largest absolute Gasteiger partial charge is 0.487 e. The molecule has 0 saturated carbocycles. The summed E-state index contributed by atoms with van der Waals surface area (Å²) >= 11 is 0. The second-order valence-electron chi connectivity index (χ2n) is 7.93. The summed E-state index contributed by atoms with van der Waals surface area (Å²) in [5, 5.41) is 29.5. The van der Waals surface area contributed by atoms with Gasteiger partial charge in [0.2, 0.25) is 0 Å². The van der Waals surface area contributed by atoms with Gasteiger partial charge in [-0.1, -0.05) is 36.1 Å².